The van der Waals surface area contributed by atoms with E-state index in [1.165, 1.54) is 0 Å². The molecule has 1 aliphatic heterocycles. The number of carboxylic acid groups (broad SMARTS) is 1. The van der Waals surface area contributed by atoms with E-state index in [1.54, 1.807) is 12.1 Å². The molecule has 1 aromatic heterocycles. The van der Waals surface area contributed by atoms with Crippen molar-refractivity contribution in [3.05, 3.63) is 23.4 Å². The van der Waals surface area contributed by atoms with E-state index >= 15 is 0 Å². The molecule has 0 radical (unpaired) electrons. The standard InChI is InChI=1S/C16H24N2O2S/c1-4-5-13-10-12(15(19)20)11-14(17-13)18-7-6-16(2,3)21-9-8-18/h10-11H,4-9H2,1-3H3,(H,19,20). The number of pyridine rings is 1. The lowest BCUT2D eigenvalue weighted by molar-refractivity contribution is 0.0696. The SMILES string of the molecule is CCCc1cc(C(=O)O)cc(N2CCSC(C)(C)CC2)n1. The van der Waals surface area contributed by atoms with Crippen LogP contribution in [0.4, 0.5) is 5.82 Å². The summed E-state index contributed by atoms with van der Waals surface area (Å²) < 4.78 is 0.283. The molecular formula is C16H24N2O2S. The highest BCUT2D eigenvalue weighted by atomic mass is 32.2. The molecule has 0 saturated carbocycles. The Balaban J connectivity index is 2.27. The van der Waals surface area contributed by atoms with Crippen molar-refractivity contribution in [2.45, 2.75) is 44.8 Å². The highest BCUT2D eigenvalue weighted by molar-refractivity contribution is 8.00. The van der Waals surface area contributed by atoms with E-state index in [0.717, 1.165) is 49.6 Å². The van der Waals surface area contributed by atoms with Crippen molar-refractivity contribution in [3.63, 3.8) is 0 Å². The fourth-order valence-electron chi connectivity index (χ4n) is 2.49. The van der Waals surface area contributed by atoms with Gasteiger partial charge in [-0.2, -0.15) is 11.8 Å². The van der Waals surface area contributed by atoms with Gasteiger partial charge in [0.15, 0.2) is 0 Å². The van der Waals surface area contributed by atoms with Gasteiger partial charge < -0.3 is 10.0 Å². The Morgan fingerprint density at radius 3 is 2.86 bits per heavy atom. The average Bonchev–Trinajstić information content (AvgIpc) is 2.59. The van der Waals surface area contributed by atoms with Gasteiger partial charge in [0.05, 0.1) is 5.56 Å². The normalized spacial score (nSPS) is 18.3. The number of aromatic nitrogens is 1. The van der Waals surface area contributed by atoms with Gasteiger partial charge in [0.25, 0.3) is 0 Å². The Morgan fingerprint density at radius 2 is 2.19 bits per heavy atom. The maximum atomic E-state index is 11.3. The average molecular weight is 308 g/mol. The molecule has 1 aromatic rings. The van der Waals surface area contributed by atoms with Crippen molar-refractivity contribution >= 4 is 23.5 Å². The lowest BCUT2D eigenvalue weighted by Crippen LogP contribution is -2.28. The first-order valence-electron chi connectivity index (χ1n) is 7.54. The minimum absolute atomic E-state index is 0.283. The smallest absolute Gasteiger partial charge is 0.335 e. The third-order valence-electron chi connectivity index (χ3n) is 3.78. The molecule has 1 aliphatic rings. The predicted molar refractivity (Wildman–Crippen MR) is 88.6 cm³/mol. The summed E-state index contributed by atoms with van der Waals surface area (Å²) in [6.07, 6.45) is 2.88. The Hall–Kier alpha value is -1.23. The van der Waals surface area contributed by atoms with Crippen LogP contribution in [-0.2, 0) is 6.42 Å². The molecule has 0 spiro atoms. The van der Waals surface area contributed by atoms with Gasteiger partial charge in [-0.05, 0) is 25.0 Å². The number of thioether (sulfide) groups is 1. The first-order valence-corrected chi connectivity index (χ1v) is 8.53. The van der Waals surface area contributed by atoms with Crippen molar-refractivity contribution in [1.29, 1.82) is 0 Å². The Labute approximate surface area is 130 Å². The number of carbonyl (C=O) groups is 1. The van der Waals surface area contributed by atoms with Gasteiger partial charge in [-0.1, -0.05) is 27.2 Å². The van der Waals surface area contributed by atoms with E-state index < -0.39 is 5.97 Å². The molecule has 1 N–H and O–H groups in total. The van der Waals surface area contributed by atoms with Crippen LogP contribution in [0.15, 0.2) is 12.1 Å². The summed E-state index contributed by atoms with van der Waals surface area (Å²) in [5, 5.41) is 9.29. The zero-order valence-electron chi connectivity index (χ0n) is 13.1. The lowest BCUT2D eigenvalue weighted by Gasteiger charge is -2.24. The fraction of sp³-hybridized carbons (Fsp3) is 0.625. The van der Waals surface area contributed by atoms with Crippen molar-refractivity contribution < 1.29 is 9.90 Å². The Kier molecular flexibility index (Phi) is 5.14. The highest BCUT2D eigenvalue weighted by Gasteiger charge is 2.24. The van der Waals surface area contributed by atoms with E-state index in [1.807, 2.05) is 11.8 Å². The van der Waals surface area contributed by atoms with Crippen LogP contribution in [0.3, 0.4) is 0 Å². The number of aromatic carboxylic acids is 1. The second-order valence-corrected chi connectivity index (χ2v) is 7.91. The van der Waals surface area contributed by atoms with Gasteiger partial charge in [0, 0.05) is 29.3 Å². The second kappa shape index (κ2) is 6.69. The van der Waals surface area contributed by atoms with Crippen molar-refractivity contribution in [1.82, 2.24) is 4.98 Å². The summed E-state index contributed by atoms with van der Waals surface area (Å²) in [6, 6.07) is 3.41. The van der Waals surface area contributed by atoms with Crippen LogP contribution >= 0.6 is 11.8 Å². The number of carboxylic acids is 1. The number of anilines is 1. The molecule has 1 saturated heterocycles. The molecule has 4 nitrogen and oxygen atoms in total. The monoisotopic (exact) mass is 308 g/mol. The number of nitrogens with zero attached hydrogens (tertiary/aromatic N) is 2. The van der Waals surface area contributed by atoms with Crippen LogP contribution in [0.2, 0.25) is 0 Å². The summed E-state index contributed by atoms with van der Waals surface area (Å²) in [5.41, 5.74) is 1.23. The van der Waals surface area contributed by atoms with Crippen LogP contribution in [0.25, 0.3) is 0 Å². The number of hydrogen-bond acceptors (Lipinski definition) is 4. The Bertz CT molecular complexity index is 517. The Morgan fingerprint density at radius 1 is 1.43 bits per heavy atom. The van der Waals surface area contributed by atoms with Crippen molar-refractivity contribution in [2.24, 2.45) is 0 Å². The van der Waals surface area contributed by atoms with Gasteiger partial charge in [0.2, 0.25) is 0 Å². The molecule has 21 heavy (non-hydrogen) atoms. The van der Waals surface area contributed by atoms with Gasteiger partial charge in [0.1, 0.15) is 5.82 Å². The van der Waals surface area contributed by atoms with Crippen LogP contribution < -0.4 is 4.90 Å². The van der Waals surface area contributed by atoms with E-state index in [0.29, 0.717) is 5.56 Å². The highest BCUT2D eigenvalue weighted by Crippen LogP contribution is 2.32. The summed E-state index contributed by atoms with van der Waals surface area (Å²) in [5.74, 6) is 0.993. The molecule has 2 heterocycles. The molecule has 0 atom stereocenters. The van der Waals surface area contributed by atoms with Crippen LogP contribution in [0, 0.1) is 0 Å². The van der Waals surface area contributed by atoms with Crippen LogP contribution in [0.5, 0.6) is 0 Å². The molecule has 116 valence electrons. The van der Waals surface area contributed by atoms with Crippen LogP contribution in [0.1, 0.15) is 49.7 Å². The summed E-state index contributed by atoms with van der Waals surface area (Å²) in [4.78, 5) is 18.2. The van der Waals surface area contributed by atoms with Gasteiger partial charge in [-0.3, -0.25) is 0 Å². The van der Waals surface area contributed by atoms with E-state index in [-0.39, 0.29) is 4.75 Å². The summed E-state index contributed by atoms with van der Waals surface area (Å²) >= 11 is 1.98. The van der Waals surface area contributed by atoms with E-state index in [2.05, 4.69) is 30.7 Å². The molecule has 2 rings (SSSR count). The molecule has 1 fully saturated rings. The van der Waals surface area contributed by atoms with E-state index in [9.17, 15) is 9.90 Å². The molecule has 0 amide bonds. The molecule has 0 unspecified atom stereocenters. The maximum Gasteiger partial charge on any atom is 0.335 e. The van der Waals surface area contributed by atoms with E-state index in [4.69, 9.17) is 0 Å². The topological polar surface area (TPSA) is 53.4 Å². The zero-order chi connectivity index (χ0) is 15.5. The number of aryl methyl sites for hydroxylation is 1. The molecule has 5 heteroatoms. The molecule has 0 bridgehead atoms. The lowest BCUT2D eigenvalue weighted by atomic mass is 10.1. The van der Waals surface area contributed by atoms with Gasteiger partial charge in [-0.25, -0.2) is 9.78 Å². The summed E-state index contributed by atoms with van der Waals surface area (Å²) in [6.45, 7) is 8.48. The first-order chi connectivity index (χ1) is 9.91. The maximum absolute atomic E-state index is 11.3. The second-order valence-electron chi connectivity index (χ2n) is 6.11. The quantitative estimate of drug-likeness (QED) is 0.923. The minimum atomic E-state index is -0.875. The third kappa shape index (κ3) is 4.37. The number of hydrogen-bond donors (Lipinski definition) is 1. The zero-order valence-corrected chi connectivity index (χ0v) is 13.9. The first kappa shape index (κ1) is 16.1. The molecule has 0 aromatic carbocycles. The number of rotatable bonds is 4. The summed E-state index contributed by atoms with van der Waals surface area (Å²) in [7, 11) is 0. The minimum Gasteiger partial charge on any atom is -0.478 e. The fourth-order valence-corrected chi connectivity index (χ4v) is 3.59. The largest absolute Gasteiger partial charge is 0.478 e. The van der Waals surface area contributed by atoms with Crippen LogP contribution in [-0.4, -0.2) is 39.6 Å². The van der Waals surface area contributed by atoms with Gasteiger partial charge in [-0.15, -0.1) is 0 Å². The van der Waals surface area contributed by atoms with Crippen molar-refractivity contribution in [2.75, 3.05) is 23.7 Å². The molecular weight excluding hydrogens is 284 g/mol. The van der Waals surface area contributed by atoms with Crippen molar-refractivity contribution in [3.8, 4) is 0 Å². The van der Waals surface area contributed by atoms with Gasteiger partial charge >= 0.3 is 5.97 Å². The predicted octanol–water partition coefficient (Wildman–Crippen LogP) is 3.45. The molecule has 0 aliphatic carbocycles. The third-order valence-corrected chi connectivity index (χ3v) is 5.15.